The molecule has 0 aromatic rings. The van der Waals surface area contributed by atoms with E-state index in [1.165, 1.54) is 0 Å². The minimum absolute atomic E-state index is 0. The first-order valence-corrected chi connectivity index (χ1v) is 7.76. The summed E-state index contributed by atoms with van der Waals surface area (Å²) in [5.41, 5.74) is -0.0645. The second kappa shape index (κ2) is 13.7. The fraction of sp³-hybridized carbons (Fsp3) is 0.778. The molecule has 0 N–H and O–H groups in total. The molecule has 0 saturated carbocycles. The number of carbonyl (C=O) groups excluding carboxylic acids is 1. The molecule has 22 heavy (non-hydrogen) atoms. The SMILES string of the molecule is [CH2-]C(CC(C)(C)C)C(=O)C(C)(C)C.[CH2-]CC/C=N\OCC.[Y]. The third-order valence-corrected chi connectivity index (χ3v) is 2.58. The van der Waals surface area contributed by atoms with Crippen LogP contribution in [0, 0.1) is 30.6 Å². The molecule has 0 aromatic heterocycles. The van der Waals surface area contributed by atoms with E-state index in [-0.39, 0.29) is 55.2 Å². The van der Waals surface area contributed by atoms with Crippen molar-refractivity contribution in [2.24, 2.45) is 21.9 Å². The Morgan fingerprint density at radius 1 is 1.23 bits per heavy atom. The molecule has 0 heterocycles. The largest absolute Gasteiger partial charge is 0.396 e. The van der Waals surface area contributed by atoms with Gasteiger partial charge in [-0.05, 0) is 18.8 Å². The van der Waals surface area contributed by atoms with Crippen LogP contribution in [0.15, 0.2) is 5.16 Å². The van der Waals surface area contributed by atoms with Gasteiger partial charge in [0.25, 0.3) is 0 Å². The number of carbonyl (C=O) groups is 1. The Hall–Kier alpha value is 0.244. The van der Waals surface area contributed by atoms with Gasteiger partial charge in [-0.25, -0.2) is 0 Å². The maximum atomic E-state index is 11.8. The van der Waals surface area contributed by atoms with Crippen LogP contribution >= 0.6 is 0 Å². The first-order valence-electron chi connectivity index (χ1n) is 7.76. The van der Waals surface area contributed by atoms with E-state index >= 15 is 0 Å². The van der Waals surface area contributed by atoms with Crippen LogP contribution in [0.1, 0.15) is 67.7 Å². The van der Waals surface area contributed by atoms with Crippen LogP contribution in [0.2, 0.25) is 0 Å². The van der Waals surface area contributed by atoms with E-state index in [0.717, 1.165) is 19.3 Å². The predicted octanol–water partition coefficient (Wildman–Crippen LogP) is 5.11. The fourth-order valence-electron chi connectivity index (χ4n) is 1.72. The van der Waals surface area contributed by atoms with Gasteiger partial charge in [0.1, 0.15) is 12.4 Å². The Morgan fingerprint density at radius 2 is 1.73 bits per heavy atom. The molecule has 0 rings (SSSR count). The second-order valence-corrected chi connectivity index (χ2v) is 7.42. The summed E-state index contributed by atoms with van der Waals surface area (Å²) in [6, 6.07) is 0. The molecule has 0 saturated heterocycles. The molecular formula is C18H35NO2Y-2. The van der Waals surface area contributed by atoms with E-state index in [1.54, 1.807) is 6.21 Å². The maximum Gasteiger partial charge on any atom is 0.114 e. The van der Waals surface area contributed by atoms with E-state index in [1.807, 2.05) is 27.7 Å². The zero-order chi connectivity index (χ0) is 17.1. The van der Waals surface area contributed by atoms with Gasteiger partial charge in [-0.2, -0.15) is 6.42 Å². The molecule has 1 atom stereocenters. The molecule has 0 aromatic carbocycles. The molecule has 0 aliphatic rings. The Bertz CT molecular complexity index is 293. The summed E-state index contributed by atoms with van der Waals surface area (Å²) >= 11 is 0. The van der Waals surface area contributed by atoms with Gasteiger partial charge in [-0.3, -0.25) is 0 Å². The van der Waals surface area contributed by atoms with Crippen LogP contribution in [-0.2, 0) is 42.3 Å². The third-order valence-electron chi connectivity index (χ3n) is 2.58. The van der Waals surface area contributed by atoms with Crippen molar-refractivity contribution >= 4 is 12.0 Å². The van der Waals surface area contributed by atoms with Crippen LogP contribution in [0.4, 0.5) is 0 Å². The number of unbranched alkanes of at least 4 members (excludes halogenated alkanes) is 1. The fourth-order valence-corrected chi connectivity index (χ4v) is 1.72. The molecule has 129 valence electrons. The van der Waals surface area contributed by atoms with E-state index in [9.17, 15) is 4.79 Å². The Balaban J connectivity index is -0.000000348. The Labute approximate surface area is 163 Å². The summed E-state index contributed by atoms with van der Waals surface area (Å²) in [5.74, 6) is 0.197. The summed E-state index contributed by atoms with van der Waals surface area (Å²) in [6.07, 6.45) is 4.39. The molecule has 0 amide bonds. The second-order valence-electron chi connectivity index (χ2n) is 7.42. The quantitative estimate of drug-likeness (QED) is 0.362. The van der Waals surface area contributed by atoms with E-state index in [2.05, 4.69) is 44.6 Å². The topological polar surface area (TPSA) is 38.7 Å². The maximum absolute atomic E-state index is 11.8. The van der Waals surface area contributed by atoms with Crippen molar-refractivity contribution in [1.29, 1.82) is 0 Å². The zero-order valence-corrected chi connectivity index (χ0v) is 18.6. The molecule has 3 nitrogen and oxygen atoms in total. The summed E-state index contributed by atoms with van der Waals surface area (Å²) in [7, 11) is 0. The smallest absolute Gasteiger partial charge is 0.114 e. The number of Topliss-reactive ketones (excluding diaryl/α,β-unsaturated/α-hetero) is 1. The van der Waals surface area contributed by atoms with Crippen LogP contribution in [0.5, 0.6) is 0 Å². The van der Waals surface area contributed by atoms with Gasteiger partial charge in [-0.1, -0.05) is 53.1 Å². The summed E-state index contributed by atoms with van der Waals surface area (Å²) < 4.78 is 0. The number of hydrogen-bond donors (Lipinski definition) is 0. The standard InChI is InChI=1S/C12H23O.C6H12NO.Y/c1-9(8-11(2,3)4)10(13)12(5,6)7;1-3-5-6-7-8-4-2;/h9H,1,8H2,2-7H3;6H,1,3-5H2,2H3;/q2*-1;/b;7-6-;. The van der Waals surface area contributed by atoms with Crippen LogP contribution in [-0.4, -0.2) is 18.6 Å². The molecule has 0 spiro atoms. The van der Waals surface area contributed by atoms with E-state index in [4.69, 9.17) is 0 Å². The number of oxime groups is 1. The molecular weight excluding hydrogens is 351 g/mol. The van der Waals surface area contributed by atoms with Gasteiger partial charge in [0, 0.05) is 44.3 Å². The molecule has 0 fully saturated rings. The van der Waals surface area contributed by atoms with Gasteiger partial charge in [0.15, 0.2) is 0 Å². The molecule has 0 bridgehead atoms. The third kappa shape index (κ3) is 18.3. The van der Waals surface area contributed by atoms with Gasteiger partial charge in [0.2, 0.25) is 0 Å². The van der Waals surface area contributed by atoms with Crippen molar-refractivity contribution in [2.75, 3.05) is 6.61 Å². The normalized spacial score (nSPS) is 13.0. The molecule has 1 radical (unpaired) electrons. The molecule has 1 unspecified atom stereocenters. The van der Waals surface area contributed by atoms with Crippen LogP contribution in [0.3, 0.4) is 0 Å². The number of ketones is 1. The number of nitrogens with zero attached hydrogens (tertiary/aromatic N) is 1. The number of hydrogen-bond acceptors (Lipinski definition) is 3. The average molecular weight is 386 g/mol. The van der Waals surface area contributed by atoms with Crippen molar-refractivity contribution < 1.29 is 42.3 Å². The van der Waals surface area contributed by atoms with Crippen molar-refractivity contribution in [3.63, 3.8) is 0 Å². The van der Waals surface area contributed by atoms with Gasteiger partial charge < -0.3 is 23.5 Å². The minimum atomic E-state index is -0.252. The van der Waals surface area contributed by atoms with Gasteiger partial charge in [-0.15, -0.1) is 5.92 Å². The predicted molar refractivity (Wildman–Crippen MR) is 92.1 cm³/mol. The van der Waals surface area contributed by atoms with E-state index < -0.39 is 0 Å². The summed E-state index contributed by atoms with van der Waals surface area (Å²) in [6.45, 7) is 22.4. The Kier molecular flexibility index (Phi) is 16.8. The monoisotopic (exact) mass is 386 g/mol. The van der Waals surface area contributed by atoms with Crippen molar-refractivity contribution in [3.8, 4) is 0 Å². The van der Waals surface area contributed by atoms with Crippen molar-refractivity contribution in [3.05, 3.63) is 13.8 Å². The van der Waals surface area contributed by atoms with Gasteiger partial charge >= 0.3 is 0 Å². The first kappa shape index (κ1) is 27.1. The van der Waals surface area contributed by atoms with Crippen LogP contribution < -0.4 is 0 Å². The van der Waals surface area contributed by atoms with Crippen LogP contribution in [0.25, 0.3) is 0 Å². The summed E-state index contributed by atoms with van der Waals surface area (Å²) in [4.78, 5) is 16.5. The van der Waals surface area contributed by atoms with Gasteiger partial charge in [0.05, 0.1) is 0 Å². The van der Waals surface area contributed by atoms with Crippen molar-refractivity contribution in [2.45, 2.75) is 67.7 Å². The zero-order valence-electron chi connectivity index (χ0n) is 15.7. The van der Waals surface area contributed by atoms with E-state index in [0.29, 0.717) is 6.61 Å². The number of rotatable bonds is 6. The molecule has 4 heteroatoms. The van der Waals surface area contributed by atoms with Crippen molar-refractivity contribution in [1.82, 2.24) is 0 Å². The average Bonchev–Trinajstić information content (AvgIpc) is 2.31. The first-order chi connectivity index (χ1) is 9.45. The Morgan fingerprint density at radius 3 is 2.05 bits per heavy atom. The minimum Gasteiger partial charge on any atom is -0.396 e. The summed E-state index contributed by atoms with van der Waals surface area (Å²) in [5, 5.41) is 3.61. The molecule has 0 aliphatic heterocycles. The molecule has 0 aliphatic carbocycles.